The third-order valence-electron chi connectivity index (χ3n) is 19.5. The van der Waals surface area contributed by atoms with Gasteiger partial charge in [-0.1, -0.05) is 111 Å². The lowest BCUT2D eigenvalue weighted by Crippen LogP contribution is -2.60. The van der Waals surface area contributed by atoms with Crippen LogP contribution in [-0.4, -0.2) is 252 Å². The van der Waals surface area contributed by atoms with Gasteiger partial charge in [-0.25, -0.2) is 14.6 Å². The fourth-order valence-electron chi connectivity index (χ4n) is 13.2. The molecule has 1 aromatic heterocycles. The van der Waals surface area contributed by atoms with Crippen LogP contribution in [0, 0.1) is 29.6 Å². The molecule has 0 saturated carbocycles. The van der Waals surface area contributed by atoms with E-state index in [1.165, 1.54) is 30.4 Å². The summed E-state index contributed by atoms with van der Waals surface area (Å²) in [5.41, 5.74) is 7.17. The number of ether oxygens (including phenoxy) is 7. The van der Waals surface area contributed by atoms with Gasteiger partial charge in [0.25, 0.3) is 11.8 Å². The number of nitrogens with two attached hydrogens (primary N) is 1. The van der Waals surface area contributed by atoms with E-state index in [2.05, 4.69) is 42.2 Å². The highest BCUT2D eigenvalue weighted by Gasteiger charge is 2.44. The van der Waals surface area contributed by atoms with Crippen molar-refractivity contribution >= 4 is 88.2 Å². The van der Waals surface area contributed by atoms with Crippen LogP contribution in [0.1, 0.15) is 136 Å². The van der Waals surface area contributed by atoms with Crippen LogP contribution >= 0.6 is 11.3 Å². The number of hydrogen-bond acceptors (Lipinski definition) is 21. The molecule has 1 unspecified atom stereocenters. The summed E-state index contributed by atoms with van der Waals surface area (Å²) in [6, 6.07) is 9.74. The normalized spacial score (nSPS) is 16.2. The van der Waals surface area contributed by atoms with Crippen LogP contribution in [-0.2, 0) is 94.1 Å². The maximum Gasteiger partial charge on any atom is 0.410 e. The zero-order valence-electron chi connectivity index (χ0n) is 66.6. The lowest BCUT2D eigenvalue weighted by atomic mass is 9.89. The van der Waals surface area contributed by atoms with E-state index < -0.39 is 126 Å². The molecule has 13 amide bonds. The first kappa shape index (κ1) is 92.6. The number of thiazole rings is 1. The van der Waals surface area contributed by atoms with Crippen LogP contribution in [0.25, 0.3) is 0 Å². The van der Waals surface area contributed by atoms with Crippen molar-refractivity contribution in [3.63, 3.8) is 0 Å². The Morgan fingerprint density at radius 2 is 1.29 bits per heavy atom. The molecule has 111 heavy (non-hydrogen) atoms. The Bertz CT molecular complexity index is 3460. The van der Waals surface area contributed by atoms with Crippen molar-refractivity contribution in [1.82, 2.24) is 56.5 Å². The minimum absolute atomic E-state index is 0.00154. The van der Waals surface area contributed by atoms with Crippen molar-refractivity contribution in [2.75, 3.05) is 113 Å². The van der Waals surface area contributed by atoms with Gasteiger partial charge in [0.2, 0.25) is 47.3 Å². The molecule has 616 valence electrons. The number of primary amides is 1. The van der Waals surface area contributed by atoms with Crippen LogP contribution in [0.5, 0.6) is 0 Å². The molecule has 2 aromatic carbocycles. The average Bonchev–Trinajstić information content (AvgIpc) is 1.44. The number of methoxy groups -OCH3 is 2. The van der Waals surface area contributed by atoms with Crippen LogP contribution in [0.15, 0.2) is 78.3 Å². The smallest absolute Gasteiger partial charge is 0.410 e. The topological polar surface area (TPSA) is 406 Å². The molecule has 33 heteroatoms. The van der Waals surface area contributed by atoms with Crippen molar-refractivity contribution in [3.8, 4) is 0 Å². The summed E-state index contributed by atoms with van der Waals surface area (Å²) in [7, 11) is 6.15. The SMILES string of the molecule is CC[C@H](C)C([C@@H](CC(=O)N1CCC[C@H]1[C@H](OC)[C@@H](C)C(=O)N[C@@H](Cc1ccccc1)c1nccs1)OC)N(C)C(=O)[C@@H](NC(=O)[C@H](C(C)C)N(C)C(=O)OCc1ccc(NC(=O)[C@H](CCCNC(N)=O)NC(=O)[C@@H](NC(=O)CCOCCOCCOCCOCCNC(=O)CCN2C(=O)C=CC2=O)C(C)C)cc1)C(C)C. The number of nitrogens with zero attached hydrogens (tertiary/aromatic N) is 5. The molecule has 1 saturated heterocycles. The van der Waals surface area contributed by atoms with Crippen LogP contribution in [0.4, 0.5) is 15.3 Å². The first-order chi connectivity index (χ1) is 53.0. The van der Waals surface area contributed by atoms with Gasteiger partial charge in [0.05, 0.1) is 95.5 Å². The standard InChI is InChI=1S/C78H119N13O19S/c1-14-52(8)69(60(104-12)47-65(96)90-35-19-23-59(90)70(105-13)53(9)71(97)85-58(75-81-34-45-111-75)46-54-20-16-15-17-21-54)88(10)76(101)67(50(4)5)87-74(100)68(51(6)7)89(11)78(103)110-48-55-24-26-56(27-25-55)83-72(98)57(22-18-32-82-77(79)102)84-73(99)66(49(2)3)86-62(93)31-37-106-39-41-108-43-44-109-42-40-107-38-33-80-61(92)30-36-91-63(94)28-29-64(91)95/h15-17,20-21,24-29,34,45,49-53,57-60,66-70H,14,18-19,22-23,30-33,35-44,46-48H2,1-13H3,(H,80,92)(H,83,98)(H,84,99)(H,85,97)(H,86,93)(H,87,100)(H3,79,82,102)/t52-,53+,57-,58-,59-,60+,66-,67-,68-,69?,70+/m0/s1. The number of carbonyl (C=O) groups excluding carboxylic acids is 12. The lowest BCUT2D eigenvalue weighted by Gasteiger charge is -2.41. The van der Waals surface area contributed by atoms with Crippen molar-refractivity contribution in [3.05, 3.63) is 94.5 Å². The second-order valence-corrected chi connectivity index (χ2v) is 29.7. The zero-order valence-corrected chi connectivity index (χ0v) is 67.4. The highest BCUT2D eigenvalue weighted by molar-refractivity contribution is 7.09. The summed E-state index contributed by atoms with van der Waals surface area (Å²) >= 11 is 1.47. The maximum absolute atomic E-state index is 14.9. The summed E-state index contributed by atoms with van der Waals surface area (Å²) < 4.78 is 40.0. The number of amides is 13. The number of nitrogens with one attached hydrogen (secondary N) is 7. The van der Waals surface area contributed by atoms with E-state index in [1.54, 1.807) is 96.0 Å². The van der Waals surface area contributed by atoms with Crippen LogP contribution in [0.3, 0.4) is 0 Å². The number of likely N-dealkylation sites (tertiary alicyclic amines) is 1. The van der Waals surface area contributed by atoms with Gasteiger partial charge in [0, 0.05) is 96.8 Å². The third-order valence-corrected chi connectivity index (χ3v) is 20.4. The number of aromatic nitrogens is 1. The molecule has 3 heterocycles. The molecule has 2 aliphatic rings. The van der Waals surface area contributed by atoms with Gasteiger partial charge in [-0.3, -0.25) is 57.7 Å². The highest BCUT2D eigenvalue weighted by atomic mass is 32.1. The molecule has 5 rings (SSSR count). The minimum atomic E-state index is -1.13. The van der Waals surface area contributed by atoms with Gasteiger partial charge in [0.15, 0.2) is 0 Å². The number of anilines is 1. The third kappa shape index (κ3) is 30.6. The second kappa shape index (κ2) is 48.7. The molecule has 2 aliphatic heterocycles. The van der Waals surface area contributed by atoms with Gasteiger partial charge in [0.1, 0.15) is 35.8 Å². The molecule has 0 bridgehead atoms. The minimum Gasteiger partial charge on any atom is -0.445 e. The predicted molar refractivity (Wildman–Crippen MR) is 415 cm³/mol. The number of carbonyl (C=O) groups is 12. The average molecular weight is 1570 g/mol. The van der Waals surface area contributed by atoms with Gasteiger partial charge >= 0.3 is 12.1 Å². The molecule has 1 fully saturated rings. The molecule has 0 aliphatic carbocycles. The molecule has 11 atom stereocenters. The molecule has 3 aromatic rings. The Balaban J connectivity index is 1.08. The van der Waals surface area contributed by atoms with Crippen LogP contribution in [0.2, 0.25) is 0 Å². The number of rotatable bonds is 51. The van der Waals surface area contributed by atoms with Gasteiger partial charge in [-0.2, -0.15) is 0 Å². The number of likely N-dealkylation sites (N-methyl/N-ethyl adjacent to an activating group) is 2. The number of hydrogen-bond donors (Lipinski definition) is 8. The number of urea groups is 1. The summed E-state index contributed by atoms with van der Waals surface area (Å²) in [4.78, 5) is 170. The quantitative estimate of drug-likeness (QED) is 0.0278. The lowest BCUT2D eigenvalue weighted by molar-refractivity contribution is -0.148. The monoisotopic (exact) mass is 1570 g/mol. The van der Waals surface area contributed by atoms with E-state index in [1.807, 2.05) is 56.5 Å². The van der Waals surface area contributed by atoms with E-state index in [9.17, 15) is 57.5 Å². The molecular weight excluding hydrogens is 1450 g/mol. The van der Waals surface area contributed by atoms with E-state index in [0.29, 0.717) is 50.1 Å². The Kier molecular flexibility index (Phi) is 40.6. The highest BCUT2D eigenvalue weighted by Crippen LogP contribution is 2.31. The van der Waals surface area contributed by atoms with Crippen molar-refractivity contribution in [2.45, 2.75) is 181 Å². The number of benzene rings is 2. The first-order valence-corrected chi connectivity index (χ1v) is 39.1. The van der Waals surface area contributed by atoms with Gasteiger partial charge in [-0.05, 0) is 79.0 Å². The van der Waals surface area contributed by atoms with E-state index in [0.717, 1.165) is 27.6 Å². The van der Waals surface area contributed by atoms with E-state index in [4.69, 9.17) is 38.9 Å². The van der Waals surface area contributed by atoms with Crippen molar-refractivity contribution in [1.29, 1.82) is 0 Å². The summed E-state index contributed by atoms with van der Waals surface area (Å²) in [6.45, 7) is 18.8. The van der Waals surface area contributed by atoms with Gasteiger partial charge in [-0.15, -0.1) is 11.3 Å². The van der Waals surface area contributed by atoms with Crippen LogP contribution < -0.4 is 43.0 Å². The molecule has 32 nitrogen and oxygen atoms in total. The van der Waals surface area contributed by atoms with Crippen molar-refractivity contribution < 1.29 is 90.7 Å². The van der Waals surface area contributed by atoms with Gasteiger partial charge < -0.3 is 85.9 Å². The Morgan fingerprint density at radius 3 is 1.86 bits per heavy atom. The Morgan fingerprint density at radius 1 is 0.658 bits per heavy atom. The predicted octanol–water partition coefficient (Wildman–Crippen LogP) is 4.80. The summed E-state index contributed by atoms with van der Waals surface area (Å²) in [5, 5.41) is 22.3. The van der Waals surface area contributed by atoms with Crippen molar-refractivity contribution in [2.24, 2.45) is 35.3 Å². The fraction of sp³-hybridized carbons (Fsp3) is 0.628. The Hall–Kier alpha value is -8.99. The maximum atomic E-state index is 14.9. The zero-order chi connectivity index (χ0) is 81.7. The van der Waals surface area contributed by atoms with E-state index in [-0.39, 0.29) is 134 Å². The second-order valence-electron chi connectivity index (χ2n) is 28.7. The molecule has 0 spiro atoms. The molecular formula is C78H119N13O19S. The molecule has 0 radical (unpaired) electrons. The molecule has 9 N–H and O–H groups in total. The van der Waals surface area contributed by atoms with E-state index >= 15 is 0 Å². The summed E-state index contributed by atoms with van der Waals surface area (Å²) in [6.07, 6.45) is 4.41. The number of imide groups is 1. The fourth-order valence-corrected chi connectivity index (χ4v) is 13.9. The Labute approximate surface area is 656 Å². The largest absolute Gasteiger partial charge is 0.445 e. The first-order valence-electron chi connectivity index (χ1n) is 38.2. The summed E-state index contributed by atoms with van der Waals surface area (Å²) in [5.74, 6) is -6.44.